The van der Waals surface area contributed by atoms with E-state index in [-0.39, 0.29) is 0 Å². The number of hydrogen-bond donors (Lipinski definition) is 3. The number of hydrogen-bond acceptors (Lipinski definition) is 6. The average molecular weight is 267 g/mol. The molecule has 0 aromatic carbocycles. The lowest BCUT2D eigenvalue weighted by Crippen LogP contribution is -2.35. The van der Waals surface area contributed by atoms with Gasteiger partial charge in [0.1, 0.15) is 5.82 Å². The van der Waals surface area contributed by atoms with Crippen LogP contribution in [0.15, 0.2) is 12.3 Å². The Morgan fingerprint density at radius 3 is 2.83 bits per heavy atom. The van der Waals surface area contributed by atoms with Crippen LogP contribution in [0.25, 0.3) is 0 Å². The summed E-state index contributed by atoms with van der Waals surface area (Å²) in [6.07, 6.45) is 10.5. The molecule has 1 aromatic heterocycles. The molecule has 0 saturated heterocycles. The molecule has 0 aliphatic heterocycles. The lowest BCUT2D eigenvalue weighted by molar-refractivity contribution is 0.411. The van der Waals surface area contributed by atoms with Crippen LogP contribution in [0.5, 0.6) is 0 Å². The van der Waals surface area contributed by atoms with Crippen LogP contribution in [0.1, 0.15) is 32.1 Å². The number of hydrazine groups is 1. The maximum atomic E-state index is 5.30. The van der Waals surface area contributed by atoms with Crippen LogP contribution >= 0.6 is 11.8 Å². The first-order valence-electron chi connectivity index (χ1n) is 6.37. The summed E-state index contributed by atoms with van der Waals surface area (Å²) in [5.74, 6) is 6.58. The molecule has 0 unspecified atom stereocenters. The second-order valence-electron chi connectivity index (χ2n) is 4.71. The van der Waals surface area contributed by atoms with Gasteiger partial charge in [-0.25, -0.2) is 10.8 Å². The molecule has 6 heteroatoms. The molecular weight excluding hydrogens is 246 g/mol. The van der Waals surface area contributed by atoms with Gasteiger partial charge in [0, 0.05) is 17.5 Å². The minimum atomic E-state index is 0.361. The van der Waals surface area contributed by atoms with Gasteiger partial charge in [0.2, 0.25) is 5.95 Å². The van der Waals surface area contributed by atoms with Crippen LogP contribution < -0.4 is 16.6 Å². The Morgan fingerprint density at radius 1 is 1.39 bits per heavy atom. The Labute approximate surface area is 112 Å². The van der Waals surface area contributed by atoms with Crippen molar-refractivity contribution >= 4 is 23.5 Å². The first-order valence-corrected chi connectivity index (χ1v) is 7.59. The molecule has 1 fully saturated rings. The molecule has 4 N–H and O–H groups in total. The highest BCUT2D eigenvalue weighted by molar-refractivity contribution is 8.00. The van der Waals surface area contributed by atoms with Crippen LogP contribution in [-0.4, -0.2) is 27.5 Å². The fourth-order valence-electron chi connectivity index (χ4n) is 2.43. The molecule has 1 aromatic rings. The molecule has 1 aliphatic rings. The Hall–Kier alpha value is -1.01. The summed E-state index contributed by atoms with van der Waals surface area (Å²) >= 11 is 1.98. The predicted molar refractivity (Wildman–Crippen MR) is 77.7 cm³/mol. The van der Waals surface area contributed by atoms with Crippen LogP contribution in [0.3, 0.4) is 0 Å². The molecule has 2 rings (SSSR count). The van der Waals surface area contributed by atoms with Crippen molar-refractivity contribution < 1.29 is 0 Å². The fraction of sp³-hybridized carbons (Fsp3) is 0.667. The van der Waals surface area contributed by atoms with Gasteiger partial charge in [0.05, 0.1) is 0 Å². The Morgan fingerprint density at radius 2 is 2.17 bits per heavy atom. The number of anilines is 2. The zero-order chi connectivity index (χ0) is 12.8. The number of rotatable bonds is 5. The van der Waals surface area contributed by atoms with Crippen LogP contribution in [0.4, 0.5) is 11.8 Å². The minimum Gasteiger partial charge on any atom is -0.369 e. The molecule has 1 saturated carbocycles. The average Bonchev–Trinajstić information content (AvgIpc) is 2.46. The molecule has 0 bridgehead atoms. The van der Waals surface area contributed by atoms with Crippen molar-refractivity contribution in [2.45, 2.75) is 36.9 Å². The lowest BCUT2D eigenvalue weighted by Gasteiger charge is -2.36. The molecule has 0 amide bonds. The van der Waals surface area contributed by atoms with E-state index in [4.69, 9.17) is 5.84 Å². The third kappa shape index (κ3) is 3.26. The number of aromatic nitrogens is 2. The second-order valence-corrected chi connectivity index (χ2v) is 5.99. The van der Waals surface area contributed by atoms with Crippen LogP contribution in [0.2, 0.25) is 0 Å². The Kier molecular flexibility index (Phi) is 4.66. The molecule has 100 valence electrons. The molecule has 0 radical (unpaired) electrons. The molecular formula is C12H21N5S. The van der Waals surface area contributed by atoms with E-state index in [1.807, 2.05) is 17.8 Å². The van der Waals surface area contributed by atoms with E-state index in [0.717, 1.165) is 12.4 Å². The van der Waals surface area contributed by atoms with Crippen molar-refractivity contribution in [3.05, 3.63) is 12.3 Å². The number of nitrogen functional groups attached to an aromatic ring is 1. The fourth-order valence-corrected chi connectivity index (χ4v) is 3.34. The summed E-state index contributed by atoms with van der Waals surface area (Å²) in [4.78, 5) is 8.27. The highest BCUT2D eigenvalue weighted by Gasteiger charge is 2.30. The first kappa shape index (κ1) is 13.4. The Balaban J connectivity index is 1.96. The van der Waals surface area contributed by atoms with E-state index >= 15 is 0 Å². The van der Waals surface area contributed by atoms with Crippen molar-refractivity contribution in [2.24, 2.45) is 5.84 Å². The number of nitrogens with one attached hydrogen (secondary N) is 2. The van der Waals surface area contributed by atoms with E-state index in [1.54, 1.807) is 6.20 Å². The SMILES string of the molecule is CSC1(CNc2ccnc(NN)n2)CCCCC1. The molecule has 1 heterocycles. The van der Waals surface area contributed by atoms with Gasteiger partial charge in [0.15, 0.2) is 0 Å². The van der Waals surface area contributed by atoms with Gasteiger partial charge in [-0.1, -0.05) is 19.3 Å². The predicted octanol–water partition coefficient (Wildman–Crippen LogP) is 2.24. The molecule has 5 nitrogen and oxygen atoms in total. The van der Waals surface area contributed by atoms with E-state index in [1.165, 1.54) is 32.1 Å². The van der Waals surface area contributed by atoms with Crippen LogP contribution in [-0.2, 0) is 0 Å². The zero-order valence-electron chi connectivity index (χ0n) is 10.8. The molecule has 1 aliphatic carbocycles. The number of nitrogens with zero attached hydrogens (tertiary/aromatic N) is 2. The zero-order valence-corrected chi connectivity index (χ0v) is 11.6. The summed E-state index contributed by atoms with van der Waals surface area (Å²) < 4.78 is 0.361. The summed E-state index contributed by atoms with van der Waals surface area (Å²) in [6, 6.07) is 1.87. The summed E-state index contributed by atoms with van der Waals surface area (Å²) in [7, 11) is 0. The van der Waals surface area contributed by atoms with Gasteiger partial charge < -0.3 is 5.32 Å². The van der Waals surface area contributed by atoms with Gasteiger partial charge in [-0.05, 0) is 25.2 Å². The van der Waals surface area contributed by atoms with Crippen molar-refractivity contribution in [2.75, 3.05) is 23.5 Å². The second kappa shape index (κ2) is 6.24. The van der Waals surface area contributed by atoms with Crippen molar-refractivity contribution in [3.63, 3.8) is 0 Å². The lowest BCUT2D eigenvalue weighted by atomic mass is 9.88. The normalized spacial score (nSPS) is 18.3. The van der Waals surface area contributed by atoms with Gasteiger partial charge in [0.25, 0.3) is 0 Å². The van der Waals surface area contributed by atoms with E-state index < -0.39 is 0 Å². The van der Waals surface area contributed by atoms with Gasteiger partial charge in [-0.3, -0.25) is 5.43 Å². The third-order valence-electron chi connectivity index (χ3n) is 3.57. The van der Waals surface area contributed by atoms with Crippen LogP contribution in [0, 0.1) is 0 Å². The monoisotopic (exact) mass is 267 g/mol. The number of nitrogens with two attached hydrogens (primary N) is 1. The maximum Gasteiger partial charge on any atom is 0.239 e. The van der Waals surface area contributed by atoms with Gasteiger partial charge in [-0.15, -0.1) is 0 Å². The molecule has 0 atom stereocenters. The largest absolute Gasteiger partial charge is 0.369 e. The third-order valence-corrected chi connectivity index (χ3v) is 4.99. The number of thioether (sulfide) groups is 1. The Bertz CT molecular complexity index is 378. The standard InChI is InChI=1S/C12H21N5S/c1-18-12(6-3-2-4-7-12)9-15-10-5-8-14-11(16-10)17-13/h5,8H,2-4,6-7,9,13H2,1H3,(H2,14,15,16,17). The van der Waals surface area contributed by atoms with Gasteiger partial charge in [-0.2, -0.15) is 16.7 Å². The smallest absolute Gasteiger partial charge is 0.239 e. The summed E-state index contributed by atoms with van der Waals surface area (Å²) in [5, 5.41) is 3.41. The van der Waals surface area contributed by atoms with E-state index in [0.29, 0.717) is 10.7 Å². The van der Waals surface area contributed by atoms with Gasteiger partial charge >= 0.3 is 0 Å². The van der Waals surface area contributed by atoms with E-state index in [9.17, 15) is 0 Å². The summed E-state index contributed by atoms with van der Waals surface area (Å²) in [5.41, 5.74) is 2.46. The topological polar surface area (TPSA) is 75.9 Å². The van der Waals surface area contributed by atoms with Crippen molar-refractivity contribution in [1.82, 2.24) is 9.97 Å². The quantitative estimate of drug-likeness (QED) is 0.561. The minimum absolute atomic E-state index is 0.361. The highest BCUT2D eigenvalue weighted by Crippen LogP contribution is 2.38. The molecule has 0 spiro atoms. The highest BCUT2D eigenvalue weighted by atomic mass is 32.2. The van der Waals surface area contributed by atoms with Crippen molar-refractivity contribution in [3.8, 4) is 0 Å². The first-order chi connectivity index (χ1) is 8.78. The molecule has 18 heavy (non-hydrogen) atoms. The maximum absolute atomic E-state index is 5.30. The van der Waals surface area contributed by atoms with E-state index in [2.05, 4.69) is 27.0 Å². The summed E-state index contributed by atoms with van der Waals surface area (Å²) in [6.45, 7) is 0.954. The van der Waals surface area contributed by atoms with Crippen molar-refractivity contribution in [1.29, 1.82) is 0 Å².